The summed E-state index contributed by atoms with van der Waals surface area (Å²) in [6.07, 6.45) is -1.96. The Morgan fingerprint density at radius 2 is 1.85 bits per heavy atom. The second-order valence-electron chi connectivity index (χ2n) is 13.1. The molecule has 3 aliphatic carbocycles. The fourth-order valence-electron chi connectivity index (χ4n) is 8.64. The van der Waals surface area contributed by atoms with Gasteiger partial charge in [0, 0.05) is 24.2 Å². The highest BCUT2D eigenvalue weighted by Crippen LogP contribution is 2.66. The van der Waals surface area contributed by atoms with Gasteiger partial charge in [-0.1, -0.05) is 45.5 Å². The molecule has 9 heteroatoms. The summed E-state index contributed by atoms with van der Waals surface area (Å²) >= 11 is 0. The summed E-state index contributed by atoms with van der Waals surface area (Å²) in [5.41, 5.74) is -3.07. The first kappa shape index (κ1) is 28.6. The SMILES string of the molecule is C=CC1O[C@@H]2C3=C(C)[C@@H](O)C[C@@](O)([C@@H](OC(=O)c4ccccc4)C4[C@]5(OC(C)=O)COC5CC[C@@]4(C)[C@@H]2O1)C3(C)C. The number of fused-ring (bicyclic) bond motifs is 8. The van der Waals surface area contributed by atoms with E-state index in [0.717, 1.165) is 5.57 Å². The molecule has 2 aliphatic heterocycles. The van der Waals surface area contributed by atoms with Crippen LogP contribution in [0.1, 0.15) is 64.2 Å². The smallest absolute Gasteiger partial charge is 0.338 e. The Hall–Kier alpha value is -2.56. The van der Waals surface area contributed by atoms with E-state index in [9.17, 15) is 19.8 Å². The van der Waals surface area contributed by atoms with Crippen LogP contribution >= 0.6 is 0 Å². The number of esters is 2. The fraction of sp³-hybridized carbons (Fsp3) is 0.625. The summed E-state index contributed by atoms with van der Waals surface area (Å²) in [7, 11) is 0. The Morgan fingerprint density at radius 1 is 1.15 bits per heavy atom. The quantitative estimate of drug-likeness (QED) is 0.415. The molecule has 0 amide bonds. The Labute approximate surface area is 240 Å². The molecular formula is C32H40O9. The van der Waals surface area contributed by atoms with Crippen molar-refractivity contribution >= 4 is 11.9 Å². The molecule has 0 spiro atoms. The van der Waals surface area contributed by atoms with Gasteiger partial charge in [-0.05, 0) is 49.1 Å². The number of hydrogen-bond acceptors (Lipinski definition) is 9. The Morgan fingerprint density at radius 3 is 2.46 bits per heavy atom. The third-order valence-electron chi connectivity index (χ3n) is 10.7. The Kier molecular flexibility index (Phi) is 6.60. The first-order valence-electron chi connectivity index (χ1n) is 14.4. The highest BCUT2D eigenvalue weighted by Gasteiger charge is 2.76. The minimum atomic E-state index is -1.77. The monoisotopic (exact) mass is 568 g/mol. The van der Waals surface area contributed by atoms with E-state index in [4.69, 9.17) is 23.7 Å². The van der Waals surface area contributed by atoms with Crippen LogP contribution in [0.25, 0.3) is 0 Å². The molecule has 9 nitrogen and oxygen atoms in total. The lowest BCUT2D eigenvalue weighted by Gasteiger charge is -2.68. The molecule has 2 bridgehead atoms. The third kappa shape index (κ3) is 3.86. The minimum Gasteiger partial charge on any atom is -0.455 e. The van der Waals surface area contributed by atoms with E-state index < -0.39 is 76.7 Å². The summed E-state index contributed by atoms with van der Waals surface area (Å²) < 4.78 is 31.6. The van der Waals surface area contributed by atoms with Gasteiger partial charge >= 0.3 is 11.9 Å². The Bertz CT molecular complexity index is 1290. The van der Waals surface area contributed by atoms with Crippen LogP contribution < -0.4 is 0 Å². The second-order valence-corrected chi connectivity index (χ2v) is 13.1. The lowest BCUT2D eigenvalue weighted by molar-refractivity contribution is -0.345. The van der Waals surface area contributed by atoms with E-state index >= 15 is 0 Å². The molecule has 1 aromatic carbocycles. The predicted octanol–water partition coefficient (Wildman–Crippen LogP) is 3.48. The summed E-state index contributed by atoms with van der Waals surface area (Å²) in [6, 6.07) is 8.60. The summed E-state index contributed by atoms with van der Waals surface area (Å²) in [6.45, 7) is 13.0. The summed E-state index contributed by atoms with van der Waals surface area (Å²) in [5, 5.41) is 24.4. The van der Waals surface area contributed by atoms with Gasteiger partial charge in [0.2, 0.25) is 0 Å². The van der Waals surface area contributed by atoms with Crippen LogP contribution in [0.2, 0.25) is 0 Å². The van der Waals surface area contributed by atoms with Crippen molar-refractivity contribution in [2.45, 2.75) is 102 Å². The largest absolute Gasteiger partial charge is 0.455 e. The van der Waals surface area contributed by atoms with E-state index in [1.54, 1.807) is 36.4 Å². The zero-order valence-corrected chi connectivity index (χ0v) is 24.3. The van der Waals surface area contributed by atoms with Crippen molar-refractivity contribution in [3.05, 3.63) is 59.7 Å². The van der Waals surface area contributed by atoms with Gasteiger partial charge < -0.3 is 33.9 Å². The minimum absolute atomic E-state index is 0.0839. The second kappa shape index (κ2) is 9.47. The van der Waals surface area contributed by atoms with Crippen molar-refractivity contribution in [3.8, 4) is 0 Å². The van der Waals surface area contributed by atoms with Gasteiger partial charge in [0.15, 0.2) is 11.9 Å². The molecule has 2 N–H and O–H groups in total. The zero-order chi connectivity index (χ0) is 29.5. The first-order valence-corrected chi connectivity index (χ1v) is 14.4. The maximum Gasteiger partial charge on any atom is 0.338 e. The van der Waals surface area contributed by atoms with Crippen LogP contribution in [0.15, 0.2) is 54.1 Å². The molecule has 2 saturated carbocycles. The number of ether oxygens (including phenoxy) is 5. The third-order valence-corrected chi connectivity index (χ3v) is 10.7. The van der Waals surface area contributed by atoms with Crippen molar-refractivity contribution in [1.29, 1.82) is 0 Å². The van der Waals surface area contributed by atoms with Crippen LogP contribution in [0.4, 0.5) is 0 Å². The molecule has 10 atom stereocenters. The fourth-order valence-corrected chi connectivity index (χ4v) is 8.64. The topological polar surface area (TPSA) is 121 Å². The molecule has 0 aromatic heterocycles. The van der Waals surface area contributed by atoms with Crippen molar-refractivity contribution < 1.29 is 43.5 Å². The number of carbonyl (C=O) groups excluding carboxylic acids is 2. The van der Waals surface area contributed by atoms with E-state index in [0.29, 0.717) is 24.0 Å². The number of carbonyl (C=O) groups is 2. The molecule has 2 heterocycles. The number of benzene rings is 1. The molecule has 222 valence electrons. The van der Waals surface area contributed by atoms with E-state index in [1.165, 1.54) is 6.92 Å². The normalized spacial score (nSPS) is 44.2. The van der Waals surface area contributed by atoms with Crippen LogP contribution in [0, 0.1) is 16.7 Å². The highest BCUT2D eigenvalue weighted by atomic mass is 16.7. The summed E-state index contributed by atoms with van der Waals surface area (Å²) in [5.74, 6) is -1.86. The number of hydrogen-bond donors (Lipinski definition) is 2. The molecule has 6 rings (SSSR count). The van der Waals surface area contributed by atoms with Crippen LogP contribution in [0.5, 0.6) is 0 Å². The van der Waals surface area contributed by atoms with Crippen LogP contribution in [0.3, 0.4) is 0 Å². The van der Waals surface area contributed by atoms with E-state index in [2.05, 4.69) is 6.58 Å². The molecule has 3 unspecified atom stereocenters. The zero-order valence-electron chi connectivity index (χ0n) is 24.3. The van der Waals surface area contributed by atoms with Crippen LogP contribution in [-0.2, 0) is 28.5 Å². The van der Waals surface area contributed by atoms with Gasteiger partial charge in [0.25, 0.3) is 0 Å². The first-order chi connectivity index (χ1) is 19.3. The average molecular weight is 569 g/mol. The molecular weight excluding hydrogens is 528 g/mol. The molecule has 2 saturated heterocycles. The number of aliphatic hydroxyl groups is 2. The Balaban J connectivity index is 1.62. The molecule has 0 radical (unpaired) electrons. The van der Waals surface area contributed by atoms with E-state index in [1.807, 2.05) is 27.7 Å². The lowest BCUT2D eigenvalue weighted by atomic mass is 9.45. The molecule has 41 heavy (non-hydrogen) atoms. The van der Waals surface area contributed by atoms with Gasteiger partial charge in [-0.15, -0.1) is 0 Å². The number of rotatable bonds is 4. The number of aliphatic hydroxyl groups excluding tert-OH is 1. The van der Waals surface area contributed by atoms with Crippen molar-refractivity contribution in [1.82, 2.24) is 0 Å². The predicted molar refractivity (Wildman–Crippen MR) is 146 cm³/mol. The average Bonchev–Trinajstić information content (AvgIpc) is 3.34. The van der Waals surface area contributed by atoms with Gasteiger partial charge in [-0.2, -0.15) is 0 Å². The molecule has 4 fully saturated rings. The van der Waals surface area contributed by atoms with Gasteiger partial charge in [0.05, 0.1) is 30.3 Å². The molecule has 1 aromatic rings. The van der Waals surface area contributed by atoms with Crippen molar-refractivity contribution in [3.63, 3.8) is 0 Å². The van der Waals surface area contributed by atoms with Gasteiger partial charge in [-0.25, -0.2) is 4.79 Å². The van der Waals surface area contributed by atoms with E-state index in [-0.39, 0.29) is 13.0 Å². The molecule has 5 aliphatic rings. The van der Waals surface area contributed by atoms with Crippen molar-refractivity contribution in [2.75, 3.05) is 6.61 Å². The lowest BCUT2D eigenvalue weighted by Crippen LogP contribution is -2.79. The van der Waals surface area contributed by atoms with Gasteiger partial charge in [0.1, 0.15) is 23.9 Å². The van der Waals surface area contributed by atoms with Crippen molar-refractivity contribution in [2.24, 2.45) is 16.7 Å². The maximum absolute atomic E-state index is 13.8. The maximum atomic E-state index is 13.8. The highest BCUT2D eigenvalue weighted by molar-refractivity contribution is 5.89. The van der Waals surface area contributed by atoms with Gasteiger partial charge in [-0.3, -0.25) is 4.79 Å². The standard InChI is InChI=1S/C32H40O9/c1-7-22-38-24-23-17(2)20(34)15-32(36,29(23,4)5)27(40-28(35)19-11-9-8-10-12-19)25-30(6,26(24)39-22)14-13-21-31(25,16-37-21)41-18(3)33/h7-12,20-22,24-27,34,36H,1,13-16H2,2-6H3/t20-,21?,22?,24+,25?,26+,27-,30+,31-,32+/m0/s1. The summed E-state index contributed by atoms with van der Waals surface area (Å²) in [4.78, 5) is 26.5. The van der Waals surface area contributed by atoms with Crippen LogP contribution in [-0.4, -0.2) is 76.8 Å².